The monoisotopic (exact) mass is 284 g/mol. The van der Waals surface area contributed by atoms with Crippen LogP contribution in [-0.4, -0.2) is 66.1 Å². The Kier molecular flexibility index (Phi) is 5.98. The summed E-state index contributed by atoms with van der Waals surface area (Å²) in [7, 11) is 2.17. The van der Waals surface area contributed by atoms with Crippen LogP contribution in [0.3, 0.4) is 0 Å². The molecule has 1 aliphatic heterocycles. The normalized spacial score (nSPS) is 26.4. The fraction of sp³-hybridized carbons (Fsp3) is 0.933. The molecule has 0 spiro atoms. The number of carbonyl (C=O) groups is 1. The van der Waals surface area contributed by atoms with Crippen LogP contribution in [0.5, 0.6) is 0 Å². The summed E-state index contributed by atoms with van der Waals surface area (Å²) in [6, 6.07) is 1.14. The van der Waals surface area contributed by atoms with Gasteiger partial charge in [0.2, 0.25) is 5.91 Å². The van der Waals surface area contributed by atoms with Gasteiger partial charge in [0.15, 0.2) is 0 Å². The van der Waals surface area contributed by atoms with Crippen LogP contribution < -0.4 is 11.1 Å². The molecule has 0 bridgehead atoms. The highest BCUT2D eigenvalue weighted by atomic mass is 16.1. The minimum atomic E-state index is -0.639. The van der Waals surface area contributed by atoms with Gasteiger partial charge >= 0.3 is 0 Å². The van der Waals surface area contributed by atoms with Gasteiger partial charge < -0.3 is 16.0 Å². The van der Waals surface area contributed by atoms with Crippen molar-refractivity contribution in [2.24, 2.45) is 5.73 Å². The molecule has 5 nitrogen and oxygen atoms in total. The first kappa shape index (κ1) is 17.4. The van der Waals surface area contributed by atoms with E-state index in [0.29, 0.717) is 12.1 Å². The fourth-order valence-electron chi connectivity index (χ4n) is 3.06. The number of likely N-dealkylation sites (N-methyl/N-ethyl adjacent to an activating group) is 1. The summed E-state index contributed by atoms with van der Waals surface area (Å²) in [6.45, 7) is 13.6. The Hall–Kier alpha value is -0.650. The second-order valence-electron chi connectivity index (χ2n) is 6.87. The van der Waals surface area contributed by atoms with E-state index in [-0.39, 0.29) is 11.9 Å². The van der Waals surface area contributed by atoms with Crippen LogP contribution in [0.2, 0.25) is 0 Å². The first-order valence-corrected chi connectivity index (χ1v) is 7.67. The lowest BCUT2D eigenvalue weighted by molar-refractivity contribution is -0.125. The van der Waals surface area contributed by atoms with Crippen LogP contribution >= 0.6 is 0 Å². The summed E-state index contributed by atoms with van der Waals surface area (Å²) in [6.07, 6.45) is 0.747. The van der Waals surface area contributed by atoms with E-state index in [1.54, 1.807) is 0 Å². The maximum atomic E-state index is 11.8. The maximum Gasteiger partial charge on any atom is 0.237 e. The molecule has 5 heteroatoms. The lowest BCUT2D eigenvalue weighted by Crippen LogP contribution is -2.60. The van der Waals surface area contributed by atoms with Crippen molar-refractivity contribution < 1.29 is 4.79 Å². The van der Waals surface area contributed by atoms with E-state index in [4.69, 9.17) is 5.73 Å². The Morgan fingerprint density at radius 2 is 2.00 bits per heavy atom. The van der Waals surface area contributed by atoms with Gasteiger partial charge in [-0.25, -0.2) is 0 Å². The summed E-state index contributed by atoms with van der Waals surface area (Å²) in [5.41, 5.74) is 4.98. The smallest absolute Gasteiger partial charge is 0.237 e. The molecule has 0 radical (unpaired) electrons. The molecule has 1 rings (SSSR count). The minimum Gasteiger partial charge on any atom is -0.368 e. The van der Waals surface area contributed by atoms with E-state index < -0.39 is 5.54 Å². The van der Waals surface area contributed by atoms with Crippen LogP contribution in [0.25, 0.3) is 0 Å². The van der Waals surface area contributed by atoms with E-state index in [2.05, 4.69) is 36.0 Å². The number of primary amides is 1. The van der Waals surface area contributed by atoms with Gasteiger partial charge in [0, 0.05) is 37.8 Å². The molecule has 3 unspecified atom stereocenters. The molecule has 0 aromatic rings. The average molecular weight is 284 g/mol. The van der Waals surface area contributed by atoms with Gasteiger partial charge in [0.1, 0.15) is 0 Å². The number of hydrogen-bond acceptors (Lipinski definition) is 4. The van der Waals surface area contributed by atoms with Crippen molar-refractivity contribution in [3.8, 4) is 0 Å². The van der Waals surface area contributed by atoms with Crippen molar-refractivity contribution in [1.29, 1.82) is 0 Å². The molecule has 0 aliphatic carbocycles. The first-order valence-electron chi connectivity index (χ1n) is 7.67. The van der Waals surface area contributed by atoms with E-state index >= 15 is 0 Å². The molecule has 1 fully saturated rings. The highest BCUT2D eigenvalue weighted by Gasteiger charge is 2.35. The van der Waals surface area contributed by atoms with Crippen LogP contribution in [-0.2, 0) is 4.79 Å². The number of carbonyl (C=O) groups excluding carboxylic acids is 1. The van der Waals surface area contributed by atoms with E-state index in [9.17, 15) is 4.79 Å². The third kappa shape index (κ3) is 4.43. The number of rotatable bonds is 6. The van der Waals surface area contributed by atoms with Crippen molar-refractivity contribution in [1.82, 2.24) is 15.1 Å². The zero-order chi connectivity index (χ0) is 15.5. The Labute approximate surface area is 123 Å². The van der Waals surface area contributed by atoms with Crippen LogP contribution in [0.1, 0.15) is 41.0 Å². The number of piperazine rings is 1. The predicted octanol–water partition coefficient (Wildman–Crippen LogP) is 0.643. The Balaban J connectivity index is 2.67. The summed E-state index contributed by atoms with van der Waals surface area (Å²) in [4.78, 5) is 16.7. The van der Waals surface area contributed by atoms with Crippen molar-refractivity contribution in [3.63, 3.8) is 0 Å². The van der Waals surface area contributed by atoms with Crippen LogP contribution in [0.15, 0.2) is 0 Å². The first-order chi connectivity index (χ1) is 9.15. The molecule has 20 heavy (non-hydrogen) atoms. The van der Waals surface area contributed by atoms with E-state index in [1.165, 1.54) is 0 Å². The molecule has 1 aliphatic rings. The number of nitrogens with one attached hydrogen (secondary N) is 1. The standard InChI is InChI=1S/C15H32N4O/c1-11(2)17-15(5,14(16)20)9-12(3)19-8-7-18(6)13(4)10-19/h11-13,17H,7-10H2,1-6H3,(H2,16,20). The summed E-state index contributed by atoms with van der Waals surface area (Å²) in [5.74, 6) is -0.264. The number of nitrogens with two attached hydrogens (primary N) is 1. The molecule has 3 atom stereocenters. The largest absolute Gasteiger partial charge is 0.368 e. The van der Waals surface area contributed by atoms with Crippen LogP contribution in [0.4, 0.5) is 0 Å². The molecule has 1 amide bonds. The molecule has 1 saturated heterocycles. The highest BCUT2D eigenvalue weighted by molar-refractivity contribution is 5.84. The fourth-order valence-corrected chi connectivity index (χ4v) is 3.06. The zero-order valence-corrected chi connectivity index (χ0v) is 13.9. The molecule has 0 aromatic carbocycles. The highest BCUT2D eigenvalue weighted by Crippen LogP contribution is 2.19. The Morgan fingerprint density at radius 3 is 2.45 bits per heavy atom. The van der Waals surface area contributed by atoms with Gasteiger partial charge in [-0.15, -0.1) is 0 Å². The van der Waals surface area contributed by atoms with E-state index in [0.717, 1.165) is 26.1 Å². The number of nitrogens with zero attached hydrogens (tertiary/aromatic N) is 2. The number of amides is 1. The molecular weight excluding hydrogens is 252 g/mol. The zero-order valence-electron chi connectivity index (χ0n) is 13.9. The molecule has 1 heterocycles. The van der Waals surface area contributed by atoms with Gasteiger partial charge in [-0.2, -0.15) is 0 Å². The van der Waals surface area contributed by atoms with Gasteiger partial charge in [-0.1, -0.05) is 0 Å². The second-order valence-corrected chi connectivity index (χ2v) is 6.87. The third-order valence-corrected chi connectivity index (χ3v) is 4.47. The lowest BCUT2D eigenvalue weighted by Gasteiger charge is -2.43. The molecule has 3 N–H and O–H groups in total. The van der Waals surface area contributed by atoms with Gasteiger partial charge in [-0.05, 0) is 48.1 Å². The topological polar surface area (TPSA) is 61.6 Å². The quantitative estimate of drug-likeness (QED) is 0.751. The Morgan fingerprint density at radius 1 is 1.40 bits per heavy atom. The van der Waals surface area contributed by atoms with E-state index in [1.807, 2.05) is 20.8 Å². The minimum absolute atomic E-state index is 0.242. The SMILES string of the molecule is CC(C)NC(C)(CC(C)N1CCN(C)C(C)C1)C(N)=O. The second kappa shape index (κ2) is 6.87. The maximum absolute atomic E-state index is 11.8. The van der Waals surface area contributed by atoms with Gasteiger partial charge in [0.05, 0.1) is 5.54 Å². The molecule has 118 valence electrons. The van der Waals surface area contributed by atoms with Crippen molar-refractivity contribution in [3.05, 3.63) is 0 Å². The van der Waals surface area contributed by atoms with Crippen LogP contribution in [0, 0.1) is 0 Å². The van der Waals surface area contributed by atoms with Gasteiger partial charge in [0.25, 0.3) is 0 Å². The third-order valence-electron chi connectivity index (χ3n) is 4.47. The van der Waals surface area contributed by atoms with Gasteiger partial charge in [-0.3, -0.25) is 9.69 Å². The van der Waals surface area contributed by atoms with Crippen molar-refractivity contribution in [2.75, 3.05) is 26.7 Å². The Bertz CT molecular complexity index is 334. The average Bonchev–Trinajstić information content (AvgIpc) is 2.31. The predicted molar refractivity (Wildman–Crippen MR) is 83.6 cm³/mol. The number of hydrogen-bond donors (Lipinski definition) is 2. The molecular formula is C15H32N4O. The van der Waals surface area contributed by atoms with Crippen molar-refractivity contribution in [2.45, 2.75) is 64.7 Å². The summed E-state index contributed by atoms with van der Waals surface area (Å²) < 4.78 is 0. The lowest BCUT2D eigenvalue weighted by atomic mass is 9.90. The molecule has 0 aromatic heterocycles. The molecule has 0 saturated carbocycles. The summed E-state index contributed by atoms with van der Waals surface area (Å²) >= 11 is 0. The van der Waals surface area contributed by atoms with Crippen molar-refractivity contribution >= 4 is 5.91 Å². The summed E-state index contributed by atoms with van der Waals surface area (Å²) in [5, 5.41) is 3.33.